The summed E-state index contributed by atoms with van der Waals surface area (Å²) >= 11 is 7.63. The normalized spacial score (nSPS) is 15.9. The summed E-state index contributed by atoms with van der Waals surface area (Å²) in [5.41, 5.74) is 2.57. The number of ketones is 1. The predicted octanol–water partition coefficient (Wildman–Crippen LogP) is 5.28. The molecule has 1 aliphatic heterocycles. The zero-order chi connectivity index (χ0) is 21.8. The lowest BCUT2D eigenvalue weighted by molar-refractivity contribution is 0.0953. The van der Waals surface area contributed by atoms with Gasteiger partial charge in [-0.15, -0.1) is 10.2 Å². The highest BCUT2D eigenvalue weighted by atomic mass is 35.5. The van der Waals surface area contributed by atoms with E-state index in [1.54, 1.807) is 31.9 Å². The van der Waals surface area contributed by atoms with E-state index in [1.165, 1.54) is 0 Å². The van der Waals surface area contributed by atoms with Crippen LogP contribution in [0.1, 0.15) is 35.7 Å². The predicted molar refractivity (Wildman–Crippen MR) is 122 cm³/mol. The van der Waals surface area contributed by atoms with E-state index in [0.29, 0.717) is 22.9 Å². The smallest absolute Gasteiger partial charge is 0.191 e. The molecule has 6 nitrogen and oxygen atoms in total. The van der Waals surface area contributed by atoms with Gasteiger partial charge in [0, 0.05) is 34.1 Å². The van der Waals surface area contributed by atoms with E-state index in [9.17, 15) is 4.79 Å². The van der Waals surface area contributed by atoms with Crippen molar-refractivity contribution in [1.29, 1.82) is 0 Å². The molecule has 0 radical (unpaired) electrons. The van der Waals surface area contributed by atoms with Crippen LogP contribution in [0.2, 0.25) is 5.02 Å². The summed E-state index contributed by atoms with van der Waals surface area (Å²) in [5, 5.41) is 10.4. The fourth-order valence-corrected chi connectivity index (χ4v) is 4.67. The first-order valence-corrected chi connectivity index (χ1v) is 11.5. The van der Waals surface area contributed by atoms with E-state index in [4.69, 9.17) is 21.1 Å². The van der Waals surface area contributed by atoms with Crippen LogP contribution in [-0.2, 0) is 17.0 Å². The van der Waals surface area contributed by atoms with E-state index in [-0.39, 0.29) is 11.9 Å². The highest BCUT2D eigenvalue weighted by Crippen LogP contribution is 2.31. The second-order valence-electron chi connectivity index (χ2n) is 7.43. The Morgan fingerprint density at radius 2 is 2.06 bits per heavy atom. The molecule has 0 saturated carbocycles. The molecule has 4 rings (SSSR count). The van der Waals surface area contributed by atoms with Crippen LogP contribution in [0.3, 0.4) is 0 Å². The number of benzene rings is 2. The highest BCUT2D eigenvalue weighted by molar-refractivity contribution is 7.98. The number of methoxy groups -OCH3 is 1. The van der Waals surface area contributed by atoms with Crippen molar-refractivity contribution in [2.24, 2.45) is 0 Å². The average Bonchev–Trinajstić information content (AvgIpc) is 3.43. The molecule has 0 spiro atoms. The Kier molecular flexibility index (Phi) is 6.95. The van der Waals surface area contributed by atoms with Crippen LogP contribution < -0.4 is 4.74 Å². The van der Waals surface area contributed by atoms with Crippen LogP contribution in [0.5, 0.6) is 5.75 Å². The average molecular weight is 458 g/mol. The lowest BCUT2D eigenvalue weighted by atomic mass is 10.1. The molecule has 0 unspecified atom stereocenters. The third-order valence-electron chi connectivity index (χ3n) is 5.27. The largest absolute Gasteiger partial charge is 0.496 e. The van der Waals surface area contributed by atoms with Gasteiger partial charge in [0.1, 0.15) is 5.75 Å². The molecule has 0 bridgehead atoms. The number of rotatable bonds is 8. The highest BCUT2D eigenvalue weighted by Gasteiger charge is 2.22. The molecule has 0 amide bonds. The molecule has 1 fully saturated rings. The summed E-state index contributed by atoms with van der Waals surface area (Å²) in [5.74, 6) is 2.18. The number of aromatic nitrogens is 3. The van der Waals surface area contributed by atoms with Crippen molar-refractivity contribution in [3.05, 3.63) is 58.6 Å². The summed E-state index contributed by atoms with van der Waals surface area (Å²) in [6, 6.07) is 13.1. The van der Waals surface area contributed by atoms with Gasteiger partial charge in [0.25, 0.3) is 0 Å². The third kappa shape index (κ3) is 5.11. The second-order valence-corrected chi connectivity index (χ2v) is 8.81. The van der Waals surface area contributed by atoms with Gasteiger partial charge in [-0.05, 0) is 62.2 Å². The molecule has 1 saturated heterocycles. The Labute approximate surface area is 190 Å². The first-order valence-electron chi connectivity index (χ1n) is 10.2. The van der Waals surface area contributed by atoms with Crippen LogP contribution in [0.4, 0.5) is 0 Å². The van der Waals surface area contributed by atoms with Gasteiger partial charge >= 0.3 is 0 Å². The Hall–Kier alpha value is -2.35. The molecule has 2 heterocycles. The number of hydrogen-bond donors (Lipinski definition) is 0. The fourth-order valence-electron chi connectivity index (χ4n) is 3.62. The summed E-state index contributed by atoms with van der Waals surface area (Å²) in [7, 11) is 1.63. The number of thioether (sulfide) groups is 1. The Bertz CT molecular complexity index is 1060. The second kappa shape index (κ2) is 9.85. The van der Waals surface area contributed by atoms with E-state index >= 15 is 0 Å². The minimum absolute atomic E-state index is 0.0282. The molecule has 1 aromatic heterocycles. The number of halogens is 1. The number of carbonyl (C=O) groups is 1. The quantitative estimate of drug-likeness (QED) is 0.338. The van der Waals surface area contributed by atoms with Crippen LogP contribution in [0.25, 0.3) is 11.4 Å². The number of Topliss-reactive ketones (excluding diaryl/α,β-unsaturated/α-hetero) is 1. The molecule has 0 aliphatic carbocycles. The molecule has 1 atom stereocenters. The molecule has 1 aliphatic rings. The fraction of sp³-hybridized carbons (Fsp3) is 0.348. The summed E-state index contributed by atoms with van der Waals surface area (Å²) in [6.45, 7) is 3.05. The zero-order valence-electron chi connectivity index (χ0n) is 17.5. The molecule has 8 heteroatoms. The van der Waals surface area contributed by atoms with E-state index in [2.05, 4.69) is 14.8 Å². The third-order valence-corrected chi connectivity index (χ3v) is 6.54. The molecule has 0 N–H and O–H groups in total. The summed E-state index contributed by atoms with van der Waals surface area (Å²) in [4.78, 5) is 11.8. The summed E-state index contributed by atoms with van der Waals surface area (Å²) < 4.78 is 13.5. The number of carbonyl (C=O) groups excluding carboxylic acids is 1. The maximum Gasteiger partial charge on any atom is 0.191 e. The topological polar surface area (TPSA) is 66.2 Å². The number of nitrogens with zero attached hydrogens (tertiary/aromatic N) is 3. The van der Waals surface area contributed by atoms with Gasteiger partial charge in [-0.2, -0.15) is 0 Å². The van der Waals surface area contributed by atoms with E-state index in [0.717, 1.165) is 47.3 Å². The standard InChI is InChI=1S/C23H24ClN3O3S/c1-15(28)17-7-10-21(29-2)18(12-17)14-31-23-26-25-22(16-5-8-19(24)9-6-16)27(23)13-20-4-3-11-30-20/h5-10,12,20H,3-4,11,13-14H2,1-2H3/t20-/m1/s1. The van der Waals surface area contributed by atoms with Crippen molar-refractivity contribution in [1.82, 2.24) is 14.8 Å². The lowest BCUT2D eigenvalue weighted by Gasteiger charge is -2.15. The van der Waals surface area contributed by atoms with Gasteiger partial charge in [0.15, 0.2) is 16.8 Å². The number of ether oxygens (including phenoxy) is 2. The molecule has 2 aromatic carbocycles. The van der Waals surface area contributed by atoms with Crippen molar-refractivity contribution in [2.75, 3.05) is 13.7 Å². The van der Waals surface area contributed by atoms with E-state index < -0.39 is 0 Å². The van der Waals surface area contributed by atoms with Gasteiger partial charge in [-0.1, -0.05) is 23.4 Å². The molecule has 162 valence electrons. The zero-order valence-corrected chi connectivity index (χ0v) is 19.1. The first-order chi connectivity index (χ1) is 15.0. The maximum atomic E-state index is 11.8. The Morgan fingerprint density at radius 1 is 1.26 bits per heavy atom. The SMILES string of the molecule is COc1ccc(C(C)=O)cc1CSc1nnc(-c2ccc(Cl)cc2)n1C[C@H]1CCCO1. The molecule has 31 heavy (non-hydrogen) atoms. The van der Waals surface area contributed by atoms with Crippen LogP contribution in [0.15, 0.2) is 47.6 Å². The summed E-state index contributed by atoms with van der Waals surface area (Å²) in [6.07, 6.45) is 2.24. The van der Waals surface area contributed by atoms with Crippen molar-refractivity contribution >= 4 is 29.1 Å². The minimum Gasteiger partial charge on any atom is -0.496 e. The molecular weight excluding hydrogens is 434 g/mol. The van der Waals surface area contributed by atoms with Gasteiger partial charge in [-0.3, -0.25) is 9.36 Å². The van der Waals surface area contributed by atoms with Crippen molar-refractivity contribution in [3.63, 3.8) is 0 Å². The van der Waals surface area contributed by atoms with Gasteiger partial charge in [-0.25, -0.2) is 0 Å². The lowest BCUT2D eigenvalue weighted by Crippen LogP contribution is -2.16. The van der Waals surface area contributed by atoms with Gasteiger partial charge in [0.05, 0.1) is 19.8 Å². The maximum absolute atomic E-state index is 11.8. The molecular formula is C23H24ClN3O3S. The van der Waals surface area contributed by atoms with Crippen molar-refractivity contribution in [2.45, 2.75) is 43.3 Å². The molecule has 3 aromatic rings. The minimum atomic E-state index is 0.0282. The van der Waals surface area contributed by atoms with Crippen molar-refractivity contribution < 1.29 is 14.3 Å². The monoisotopic (exact) mass is 457 g/mol. The van der Waals surface area contributed by atoms with Crippen molar-refractivity contribution in [3.8, 4) is 17.1 Å². The first kappa shape index (κ1) is 21.9. The van der Waals surface area contributed by atoms with Crippen LogP contribution >= 0.6 is 23.4 Å². The Balaban J connectivity index is 1.62. The number of hydrogen-bond acceptors (Lipinski definition) is 6. The Morgan fingerprint density at radius 3 is 2.74 bits per heavy atom. The van der Waals surface area contributed by atoms with Gasteiger partial charge in [0.2, 0.25) is 0 Å². The van der Waals surface area contributed by atoms with Crippen LogP contribution in [0, 0.1) is 0 Å². The van der Waals surface area contributed by atoms with Crippen LogP contribution in [-0.4, -0.2) is 40.4 Å². The van der Waals surface area contributed by atoms with E-state index in [1.807, 2.05) is 36.4 Å². The van der Waals surface area contributed by atoms with Gasteiger partial charge < -0.3 is 9.47 Å².